The van der Waals surface area contributed by atoms with Crippen LogP contribution in [0.4, 0.5) is 8.78 Å². The van der Waals surface area contributed by atoms with Gasteiger partial charge in [-0.25, -0.2) is 8.78 Å². The zero-order valence-electron chi connectivity index (χ0n) is 10.2. The van der Waals surface area contributed by atoms with Gasteiger partial charge in [-0.15, -0.1) is 0 Å². The highest BCUT2D eigenvalue weighted by Gasteiger charge is 2.35. The van der Waals surface area contributed by atoms with Gasteiger partial charge in [0.25, 0.3) is 0 Å². The monoisotopic (exact) mass is 279 g/mol. The molecule has 0 unspecified atom stereocenters. The fourth-order valence-electron chi connectivity index (χ4n) is 1.47. The van der Waals surface area contributed by atoms with Gasteiger partial charge in [-0.05, 0) is 19.9 Å². The molecular weight excluding hydrogens is 263 g/mol. The molecule has 4 nitrogen and oxygen atoms in total. The van der Waals surface area contributed by atoms with Crippen molar-refractivity contribution in [2.24, 2.45) is 5.73 Å². The highest BCUT2D eigenvalue weighted by atomic mass is 31.2. The maximum absolute atomic E-state index is 13.6. The molecule has 0 aliphatic heterocycles. The molecule has 0 saturated heterocycles. The second-order valence-corrected chi connectivity index (χ2v) is 5.64. The predicted octanol–water partition coefficient (Wildman–Crippen LogP) is 3.19. The number of rotatable bonds is 6. The smallest absolute Gasteiger partial charge is 0.314 e. The van der Waals surface area contributed by atoms with Crippen LogP contribution in [0.5, 0.6) is 0 Å². The van der Waals surface area contributed by atoms with Crippen molar-refractivity contribution in [2.75, 3.05) is 13.2 Å². The highest BCUT2D eigenvalue weighted by molar-refractivity contribution is 7.54. The van der Waals surface area contributed by atoms with Crippen LogP contribution in [0.15, 0.2) is 18.2 Å². The minimum atomic E-state index is -3.66. The summed E-state index contributed by atoms with van der Waals surface area (Å²) >= 11 is 0. The van der Waals surface area contributed by atoms with Crippen LogP contribution in [-0.4, -0.2) is 13.2 Å². The lowest BCUT2D eigenvalue weighted by Gasteiger charge is -2.23. The molecule has 0 radical (unpaired) electrons. The molecule has 0 heterocycles. The van der Waals surface area contributed by atoms with Gasteiger partial charge in [0.05, 0.1) is 13.2 Å². The lowest BCUT2D eigenvalue weighted by molar-refractivity contribution is 0.212. The molecule has 2 N–H and O–H groups in total. The van der Waals surface area contributed by atoms with E-state index in [1.807, 2.05) is 0 Å². The highest BCUT2D eigenvalue weighted by Crippen LogP contribution is 2.58. The summed E-state index contributed by atoms with van der Waals surface area (Å²) in [4.78, 5) is 0. The van der Waals surface area contributed by atoms with Crippen molar-refractivity contribution in [3.8, 4) is 0 Å². The topological polar surface area (TPSA) is 61.5 Å². The van der Waals surface area contributed by atoms with E-state index in [2.05, 4.69) is 0 Å². The average molecular weight is 279 g/mol. The average Bonchev–Trinajstić information content (AvgIpc) is 2.29. The van der Waals surface area contributed by atoms with E-state index in [1.54, 1.807) is 13.8 Å². The lowest BCUT2D eigenvalue weighted by Crippen LogP contribution is -2.16. The Morgan fingerprint density at radius 3 is 2.28 bits per heavy atom. The summed E-state index contributed by atoms with van der Waals surface area (Å²) in [7, 11) is -3.66. The Morgan fingerprint density at radius 1 is 1.28 bits per heavy atom. The molecule has 18 heavy (non-hydrogen) atoms. The van der Waals surface area contributed by atoms with Crippen LogP contribution in [0.2, 0.25) is 0 Å². The minimum Gasteiger partial charge on any atom is -0.314 e. The molecule has 1 rings (SSSR count). The Bertz CT molecular complexity index is 446. The third-order valence-electron chi connectivity index (χ3n) is 2.24. The molecular formula is C11H16F2NO3P. The third kappa shape index (κ3) is 3.36. The fourth-order valence-corrected chi connectivity index (χ4v) is 3.14. The van der Waals surface area contributed by atoms with Crippen molar-refractivity contribution < 1.29 is 22.4 Å². The van der Waals surface area contributed by atoms with Crippen LogP contribution in [0.25, 0.3) is 0 Å². The molecule has 0 aliphatic rings. The molecule has 0 aliphatic carbocycles. The van der Waals surface area contributed by atoms with Gasteiger partial charge >= 0.3 is 7.60 Å². The molecule has 102 valence electrons. The number of benzene rings is 1. The summed E-state index contributed by atoms with van der Waals surface area (Å²) < 4.78 is 48.7. The molecule has 0 amide bonds. The van der Waals surface area contributed by atoms with E-state index in [1.165, 1.54) is 0 Å². The van der Waals surface area contributed by atoms with Crippen LogP contribution in [0.1, 0.15) is 25.2 Å². The maximum atomic E-state index is 13.6. The molecule has 0 spiro atoms. The van der Waals surface area contributed by atoms with E-state index in [-0.39, 0.29) is 18.8 Å². The first kappa shape index (κ1) is 15.2. The number of nitrogens with two attached hydrogens (primary N) is 1. The second kappa shape index (κ2) is 6.38. The van der Waals surface area contributed by atoms with Gasteiger partial charge in [0.2, 0.25) is 0 Å². The lowest BCUT2D eigenvalue weighted by atomic mass is 10.2. The molecule has 1 atom stereocenters. The van der Waals surface area contributed by atoms with Gasteiger partial charge in [-0.2, -0.15) is 0 Å². The molecule has 0 aromatic heterocycles. The molecule has 7 heteroatoms. The summed E-state index contributed by atoms with van der Waals surface area (Å²) in [5.74, 6) is -2.88. The van der Waals surface area contributed by atoms with E-state index in [0.29, 0.717) is 6.07 Å². The van der Waals surface area contributed by atoms with Gasteiger partial charge in [-0.1, -0.05) is 6.07 Å². The van der Waals surface area contributed by atoms with Crippen LogP contribution in [0.3, 0.4) is 0 Å². The van der Waals surface area contributed by atoms with Gasteiger partial charge in [0.1, 0.15) is 17.4 Å². The Hall–Kier alpha value is -0.810. The first-order valence-electron chi connectivity index (χ1n) is 5.54. The second-order valence-electron chi connectivity index (χ2n) is 3.49. The first-order valence-corrected chi connectivity index (χ1v) is 7.15. The van der Waals surface area contributed by atoms with Crippen LogP contribution >= 0.6 is 7.60 Å². The zero-order valence-corrected chi connectivity index (χ0v) is 11.1. The van der Waals surface area contributed by atoms with Crippen molar-refractivity contribution in [2.45, 2.75) is 19.6 Å². The van der Waals surface area contributed by atoms with E-state index in [4.69, 9.17) is 14.8 Å². The van der Waals surface area contributed by atoms with Gasteiger partial charge in [0.15, 0.2) is 0 Å². The Balaban J connectivity index is 3.09. The third-order valence-corrected chi connectivity index (χ3v) is 4.44. The summed E-state index contributed by atoms with van der Waals surface area (Å²) in [6.07, 6.45) is 0. The Labute approximate surface area is 105 Å². The SMILES string of the molecule is CCOP(=O)(OCC)[C@@H](N)c1ccc(F)cc1F. The van der Waals surface area contributed by atoms with E-state index >= 15 is 0 Å². The van der Waals surface area contributed by atoms with Gasteiger partial charge in [0, 0.05) is 11.6 Å². The van der Waals surface area contributed by atoms with E-state index < -0.39 is 25.0 Å². The number of hydrogen-bond donors (Lipinski definition) is 1. The quantitative estimate of drug-likeness (QED) is 0.812. The van der Waals surface area contributed by atoms with E-state index in [0.717, 1.165) is 12.1 Å². The Kier molecular flexibility index (Phi) is 5.41. The van der Waals surface area contributed by atoms with Crippen LogP contribution in [0, 0.1) is 11.6 Å². The van der Waals surface area contributed by atoms with Gasteiger partial charge in [-0.3, -0.25) is 4.57 Å². The fraction of sp³-hybridized carbons (Fsp3) is 0.455. The largest absolute Gasteiger partial charge is 0.351 e. The van der Waals surface area contributed by atoms with Crippen molar-refractivity contribution in [3.63, 3.8) is 0 Å². The predicted molar refractivity (Wildman–Crippen MR) is 64.1 cm³/mol. The molecule has 1 aromatic rings. The van der Waals surface area contributed by atoms with Crippen LogP contribution < -0.4 is 5.73 Å². The molecule has 0 fully saturated rings. The van der Waals surface area contributed by atoms with Crippen LogP contribution in [-0.2, 0) is 13.6 Å². The Morgan fingerprint density at radius 2 is 1.83 bits per heavy atom. The molecule has 0 saturated carbocycles. The van der Waals surface area contributed by atoms with Crippen molar-refractivity contribution in [1.29, 1.82) is 0 Å². The molecule has 0 bridgehead atoms. The standard InChI is InChI=1S/C11H16F2NO3P/c1-3-16-18(15,17-4-2)11(14)9-6-5-8(12)7-10(9)13/h5-7,11H,3-4,14H2,1-2H3/t11-/m1/s1. The summed E-state index contributed by atoms with van der Waals surface area (Å²) in [5, 5.41) is 0. The summed E-state index contributed by atoms with van der Waals surface area (Å²) in [6, 6.07) is 2.86. The van der Waals surface area contributed by atoms with Crippen molar-refractivity contribution in [1.82, 2.24) is 0 Å². The van der Waals surface area contributed by atoms with E-state index in [9.17, 15) is 13.3 Å². The van der Waals surface area contributed by atoms with Gasteiger partial charge < -0.3 is 14.8 Å². The number of halogens is 2. The normalized spacial score (nSPS) is 13.6. The molecule has 1 aromatic carbocycles. The van der Waals surface area contributed by atoms with Crippen molar-refractivity contribution in [3.05, 3.63) is 35.4 Å². The summed E-state index contributed by atoms with van der Waals surface area (Å²) in [5.41, 5.74) is 5.63. The minimum absolute atomic E-state index is 0.0957. The number of hydrogen-bond acceptors (Lipinski definition) is 4. The first-order chi connectivity index (χ1) is 8.44. The summed E-state index contributed by atoms with van der Waals surface area (Å²) in [6.45, 7) is 3.49. The zero-order chi connectivity index (χ0) is 13.8. The maximum Gasteiger partial charge on any atom is 0.351 e. The van der Waals surface area contributed by atoms with Crippen molar-refractivity contribution >= 4 is 7.60 Å².